The number of aromatic nitrogens is 3. The van der Waals surface area contributed by atoms with Crippen molar-refractivity contribution in [1.82, 2.24) is 15.2 Å². The van der Waals surface area contributed by atoms with E-state index in [4.69, 9.17) is 4.42 Å². The summed E-state index contributed by atoms with van der Waals surface area (Å²) >= 11 is 0. The summed E-state index contributed by atoms with van der Waals surface area (Å²) in [5, 5.41) is 16.4. The lowest BCUT2D eigenvalue weighted by Gasteiger charge is -2.02. The molecule has 0 amide bonds. The summed E-state index contributed by atoms with van der Waals surface area (Å²) in [5.74, 6) is 0.296. The summed E-state index contributed by atoms with van der Waals surface area (Å²) in [6.45, 7) is 0. The van der Waals surface area contributed by atoms with E-state index in [0.717, 1.165) is 11.6 Å². The lowest BCUT2D eigenvalue weighted by molar-refractivity contribution is -0.141. The van der Waals surface area contributed by atoms with Crippen LogP contribution < -0.4 is 0 Å². The molecule has 2 N–H and O–H groups in total. The van der Waals surface area contributed by atoms with Gasteiger partial charge >= 0.3 is 6.18 Å². The average molecular weight is 345 g/mol. The number of halogens is 3. The zero-order valence-electron chi connectivity index (χ0n) is 12.5. The molecule has 0 aliphatic heterocycles. The molecule has 1 aromatic carbocycles. The largest absolute Gasteiger partial charge is 0.506 e. The number of alkyl halides is 3. The van der Waals surface area contributed by atoms with Gasteiger partial charge in [0.2, 0.25) is 0 Å². The summed E-state index contributed by atoms with van der Waals surface area (Å²) in [4.78, 5) is 4.00. The Kier molecular flexibility index (Phi) is 3.28. The van der Waals surface area contributed by atoms with Crippen LogP contribution in [0.4, 0.5) is 13.2 Å². The van der Waals surface area contributed by atoms with Crippen LogP contribution in [0.2, 0.25) is 0 Å². The van der Waals surface area contributed by atoms with E-state index in [2.05, 4.69) is 10.1 Å². The number of benzene rings is 1. The predicted octanol–water partition coefficient (Wildman–Crippen LogP) is 4.61. The molecule has 3 aromatic heterocycles. The molecule has 3 heterocycles. The van der Waals surface area contributed by atoms with Gasteiger partial charge in [0.25, 0.3) is 0 Å². The molecule has 0 spiro atoms. The maximum Gasteiger partial charge on any atom is 0.432 e. The number of nitrogens with zero attached hydrogens (tertiary/aromatic N) is 2. The zero-order valence-corrected chi connectivity index (χ0v) is 12.5. The molecule has 0 aliphatic carbocycles. The highest BCUT2D eigenvalue weighted by Crippen LogP contribution is 2.40. The third-order valence-electron chi connectivity index (χ3n) is 3.78. The van der Waals surface area contributed by atoms with Gasteiger partial charge in [-0.25, -0.2) is 0 Å². The minimum absolute atomic E-state index is 0.00384. The van der Waals surface area contributed by atoms with Crippen LogP contribution >= 0.6 is 0 Å². The normalized spacial score (nSPS) is 12.0. The zero-order chi connectivity index (χ0) is 17.6. The number of aromatic hydroxyl groups is 1. The summed E-state index contributed by atoms with van der Waals surface area (Å²) in [6, 6.07) is 9.05. The Morgan fingerprint density at radius 2 is 1.96 bits per heavy atom. The first-order valence-corrected chi connectivity index (χ1v) is 7.22. The molecule has 0 unspecified atom stereocenters. The maximum absolute atomic E-state index is 12.7. The number of pyridine rings is 1. The Morgan fingerprint density at radius 1 is 1.12 bits per heavy atom. The van der Waals surface area contributed by atoms with Crippen molar-refractivity contribution >= 4 is 11.0 Å². The molecule has 0 aliphatic rings. The monoisotopic (exact) mass is 345 g/mol. The average Bonchev–Trinajstić information content (AvgIpc) is 3.23. The van der Waals surface area contributed by atoms with Crippen LogP contribution in [0.1, 0.15) is 5.69 Å². The second-order valence-corrected chi connectivity index (χ2v) is 5.39. The fraction of sp³-hybridized carbons (Fsp3) is 0.0588. The van der Waals surface area contributed by atoms with Crippen LogP contribution in [-0.4, -0.2) is 20.3 Å². The van der Waals surface area contributed by atoms with Crippen molar-refractivity contribution in [2.24, 2.45) is 0 Å². The number of phenols is 1. The van der Waals surface area contributed by atoms with Gasteiger partial charge in [0.1, 0.15) is 22.8 Å². The van der Waals surface area contributed by atoms with Crippen LogP contribution in [0.3, 0.4) is 0 Å². The van der Waals surface area contributed by atoms with E-state index in [1.807, 2.05) is 5.10 Å². The number of H-pyrrole nitrogens is 1. The second kappa shape index (κ2) is 5.37. The predicted molar refractivity (Wildman–Crippen MR) is 83.7 cm³/mol. The molecule has 0 bridgehead atoms. The van der Waals surface area contributed by atoms with Gasteiger partial charge in [-0.05, 0) is 36.4 Å². The van der Waals surface area contributed by atoms with Crippen molar-refractivity contribution < 1.29 is 22.7 Å². The van der Waals surface area contributed by atoms with Gasteiger partial charge < -0.3 is 9.52 Å². The number of phenolic OH excluding ortho intramolecular Hbond substituents is 1. The topological polar surface area (TPSA) is 74.9 Å². The lowest BCUT2D eigenvalue weighted by Crippen LogP contribution is -2.04. The number of hydrogen-bond donors (Lipinski definition) is 2. The summed E-state index contributed by atoms with van der Waals surface area (Å²) in [5.41, 5.74) is 0.323. The van der Waals surface area contributed by atoms with Gasteiger partial charge in [-0.1, -0.05) is 0 Å². The fourth-order valence-electron chi connectivity index (χ4n) is 2.56. The molecule has 0 saturated carbocycles. The van der Waals surface area contributed by atoms with Gasteiger partial charge in [-0.3, -0.25) is 10.1 Å². The van der Waals surface area contributed by atoms with E-state index in [0.29, 0.717) is 16.7 Å². The second-order valence-electron chi connectivity index (χ2n) is 5.39. The van der Waals surface area contributed by atoms with Gasteiger partial charge in [0.15, 0.2) is 0 Å². The van der Waals surface area contributed by atoms with Crippen LogP contribution in [0.25, 0.3) is 33.6 Å². The first kappa shape index (κ1) is 15.3. The minimum atomic E-state index is -4.53. The van der Waals surface area contributed by atoms with Crippen molar-refractivity contribution in [1.29, 1.82) is 0 Å². The van der Waals surface area contributed by atoms with Gasteiger partial charge in [0.05, 0.1) is 11.1 Å². The molecule has 5 nitrogen and oxygen atoms in total. The van der Waals surface area contributed by atoms with Crippen molar-refractivity contribution in [2.45, 2.75) is 6.18 Å². The summed E-state index contributed by atoms with van der Waals surface area (Å²) < 4.78 is 43.8. The molecule has 8 heteroatoms. The molecule has 126 valence electrons. The standard InChI is InChI=1S/C17H10F3N3O2/c18-17(19,20)15-7-12(22-23-15)10-3-4-13-11(16(10)24)6-14(25-13)9-2-1-5-21-8-9/h1-8,24H,(H,22,23). The van der Waals surface area contributed by atoms with Crippen LogP contribution in [0.5, 0.6) is 5.75 Å². The van der Waals surface area contributed by atoms with Crippen LogP contribution in [0.15, 0.2) is 53.2 Å². The molecule has 0 fully saturated rings. The van der Waals surface area contributed by atoms with Crippen molar-refractivity contribution in [2.75, 3.05) is 0 Å². The molecule has 25 heavy (non-hydrogen) atoms. The van der Waals surface area contributed by atoms with E-state index < -0.39 is 11.9 Å². The molecule has 4 aromatic rings. The lowest BCUT2D eigenvalue weighted by atomic mass is 10.1. The highest BCUT2D eigenvalue weighted by atomic mass is 19.4. The highest BCUT2D eigenvalue weighted by Gasteiger charge is 2.33. The molecule has 0 saturated heterocycles. The molecular formula is C17H10F3N3O2. The van der Waals surface area contributed by atoms with E-state index in [1.54, 1.807) is 36.7 Å². The maximum atomic E-state index is 12.7. The van der Waals surface area contributed by atoms with E-state index in [-0.39, 0.29) is 17.0 Å². The molecular weight excluding hydrogens is 335 g/mol. The Balaban J connectivity index is 1.82. The third-order valence-corrected chi connectivity index (χ3v) is 3.78. The van der Waals surface area contributed by atoms with E-state index in [9.17, 15) is 18.3 Å². The first-order valence-electron chi connectivity index (χ1n) is 7.22. The van der Waals surface area contributed by atoms with Gasteiger partial charge in [-0.15, -0.1) is 0 Å². The Labute approximate surface area is 138 Å². The number of furan rings is 1. The number of aromatic amines is 1. The molecule has 4 rings (SSSR count). The fourth-order valence-corrected chi connectivity index (χ4v) is 2.56. The number of fused-ring (bicyclic) bond motifs is 1. The minimum Gasteiger partial charge on any atom is -0.506 e. The van der Waals surface area contributed by atoms with Crippen molar-refractivity contribution in [3.63, 3.8) is 0 Å². The number of hydrogen-bond acceptors (Lipinski definition) is 4. The number of nitrogens with one attached hydrogen (secondary N) is 1. The van der Waals surface area contributed by atoms with Crippen LogP contribution in [-0.2, 0) is 6.18 Å². The Hall–Kier alpha value is -3.29. The molecule has 0 radical (unpaired) electrons. The van der Waals surface area contributed by atoms with E-state index >= 15 is 0 Å². The SMILES string of the molecule is Oc1c(-c2cc(C(F)(F)F)[nH]n2)ccc2oc(-c3cccnc3)cc12. The third kappa shape index (κ3) is 2.61. The molecule has 0 atom stereocenters. The highest BCUT2D eigenvalue weighted by molar-refractivity contribution is 5.93. The summed E-state index contributed by atoms with van der Waals surface area (Å²) in [6.07, 6.45) is -1.30. The summed E-state index contributed by atoms with van der Waals surface area (Å²) in [7, 11) is 0. The van der Waals surface area contributed by atoms with Crippen molar-refractivity contribution in [3.05, 3.63) is 54.5 Å². The van der Waals surface area contributed by atoms with Crippen LogP contribution in [0, 0.1) is 0 Å². The Morgan fingerprint density at radius 3 is 2.64 bits per heavy atom. The van der Waals surface area contributed by atoms with Gasteiger partial charge in [0, 0.05) is 23.5 Å². The number of rotatable bonds is 2. The van der Waals surface area contributed by atoms with Crippen molar-refractivity contribution in [3.8, 4) is 28.3 Å². The quantitative estimate of drug-likeness (QED) is 0.556. The smallest absolute Gasteiger partial charge is 0.432 e. The van der Waals surface area contributed by atoms with E-state index in [1.165, 1.54) is 6.07 Å². The van der Waals surface area contributed by atoms with Gasteiger partial charge in [-0.2, -0.15) is 18.3 Å². The first-order chi connectivity index (χ1) is 11.9. The Bertz CT molecular complexity index is 1050.